The average molecular weight is 288 g/mol. The number of hydrogen-bond donors (Lipinski definition) is 2. The summed E-state index contributed by atoms with van der Waals surface area (Å²) in [6, 6.07) is 4.04. The molecule has 4 nitrogen and oxygen atoms in total. The molecule has 7 heteroatoms. The molecule has 0 aromatic heterocycles. The third kappa shape index (κ3) is 3.14. The van der Waals surface area contributed by atoms with Crippen molar-refractivity contribution in [2.75, 3.05) is 6.54 Å². The zero-order chi connectivity index (χ0) is 13.1. The normalized spacial score (nSPS) is 18.6. The van der Waals surface area contributed by atoms with Gasteiger partial charge in [0.1, 0.15) is 11.1 Å². The first-order chi connectivity index (χ1) is 8.56. The lowest BCUT2D eigenvalue weighted by molar-refractivity contribution is -0.120. The van der Waals surface area contributed by atoms with Gasteiger partial charge in [-0.3, -0.25) is 9.79 Å². The number of rotatable bonds is 3. The lowest BCUT2D eigenvalue weighted by Gasteiger charge is -2.10. The van der Waals surface area contributed by atoms with Gasteiger partial charge in [0.2, 0.25) is 5.91 Å². The third-order valence-corrected chi connectivity index (χ3v) is 3.82. The van der Waals surface area contributed by atoms with Crippen LogP contribution in [0.15, 0.2) is 23.2 Å². The summed E-state index contributed by atoms with van der Waals surface area (Å²) in [5.41, 5.74) is 6.02. The highest BCUT2D eigenvalue weighted by atomic mass is 35.5. The Kier molecular flexibility index (Phi) is 4.08. The molecule has 2 rings (SSSR count). The van der Waals surface area contributed by atoms with Gasteiger partial charge in [0, 0.05) is 11.6 Å². The van der Waals surface area contributed by atoms with Crippen LogP contribution in [0.25, 0.3) is 0 Å². The first-order valence-corrected chi connectivity index (χ1v) is 6.50. The van der Waals surface area contributed by atoms with Gasteiger partial charge < -0.3 is 11.1 Å². The van der Waals surface area contributed by atoms with Crippen molar-refractivity contribution in [3.8, 4) is 0 Å². The molecule has 18 heavy (non-hydrogen) atoms. The fraction of sp³-hybridized carbons (Fsp3) is 0.273. The number of amidine groups is 1. The molecule has 1 heterocycles. The monoisotopic (exact) mass is 287 g/mol. The van der Waals surface area contributed by atoms with Gasteiger partial charge in [0.25, 0.3) is 0 Å². The lowest BCUT2D eigenvalue weighted by atomic mass is 10.2. The number of amides is 1. The molecule has 0 fully saturated rings. The number of carbonyl (C=O) groups is 1. The SMILES string of the molecule is NC1=NCC(C(=O)NCc2cc(F)ccc2Cl)S1. The van der Waals surface area contributed by atoms with Crippen LogP contribution < -0.4 is 11.1 Å². The Morgan fingerprint density at radius 1 is 1.67 bits per heavy atom. The molecule has 0 saturated heterocycles. The fourth-order valence-electron chi connectivity index (χ4n) is 1.50. The molecule has 1 atom stereocenters. The second-order valence-corrected chi connectivity index (χ2v) is 5.37. The predicted octanol–water partition coefficient (Wildman–Crippen LogP) is 1.53. The summed E-state index contributed by atoms with van der Waals surface area (Å²) < 4.78 is 13.0. The largest absolute Gasteiger partial charge is 0.379 e. The van der Waals surface area contributed by atoms with Crippen LogP contribution in [0.1, 0.15) is 5.56 Å². The van der Waals surface area contributed by atoms with Crippen LogP contribution in [0.4, 0.5) is 4.39 Å². The Morgan fingerprint density at radius 2 is 2.44 bits per heavy atom. The molecule has 3 N–H and O–H groups in total. The Hall–Kier alpha value is -1.27. The molecule has 1 aliphatic rings. The summed E-state index contributed by atoms with van der Waals surface area (Å²) in [7, 11) is 0. The number of carbonyl (C=O) groups excluding carboxylic acids is 1. The van der Waals surface area contributed by atoms with Crippen molar-refractivity contribution >= 4 is 34.4 Å². The predicted molar refractivity (Wildman–Crippen MR) is 71.1 cm³/mol. The smallest absolute Gasteiger partial charge is 0.235 e. The summed E-state index contributed by atoms with van der Waals surface area (Å²) in [6.07, 6.45) is 0. The number of nitrogens with one attached hydrogen (secondary N) is 1. The van der Waals surface area contributed by atoms with E-state index >= 15 is 0 Å². The molecular formula is C11H11ClFN3OS. The third-order valence-electron chi connectivity index (χ3n) is 2.43. The number of nitrogens with two attached hydrogens (primary N) is 1. The number of hydrogen-bond acceptors (Lipinski definition) is 4. The van der Waals surface area contributed by atoms with Crippen LogP contribution >= 0.6 is 23.4 Å². The van der Waals surface area contributed by atoms with E-state index in [4.69, 9.17) is 17.3 Å². The van der Waals surface area contributed by atoms with Crippen LogP contribution in [0.5, 0.6) is 0 Å². The van der Waals surface area contributed by atoms with Gasteiger partial charge in [0.05, 0.1) is 6.54 Å². The first kappa shape index (κ1) is 13.2. The molecule has 0 bridgehead atoms. The van der Waals surface area contributed by atoms with Crippen molar-refractivity contribution < 1.29 is 9.18 Å². The van der Waals surface area contributed by atoms with Gasteiger partial charge in [-0.15, -0.1) is 0 Å². The summed E-state index contributed by atoms with van der Waals surface area (Å²) in [6.45, 7) is 0.561. The van der Waals surface area contributed by atoms with E-state index in [0.29, 0.717) is 22.3 Å². The fourth-order valence-corrected chi connectivity index (χ4v) is 2.47. The molecule has 1 aromatic carbocycles. The van der Waals surface area contributed by atoms with Crippen LogP contribution in [0.2, 0.25) is 5.02 Å². The van der Waals surface area contributed by atoms with Gasteiger partial charge in [-0.05, 0) is 23.8 Å². The highest BCUT2D eigenvalue weighted by Gasteiger charge is 2.24. The quantitative estimate of drug-likeness (QED) is 0.886. The number of benzene rings is 1. The van der Waals surface area contributed by atoms with E-state index in [9.17, 15) is 9.18 Å². The molecule has 1 aromatic rings. The molecule has 0 spiro atoms. The summed E-state index contributed by atoms with van der Waals surface area (Å²) in [4.78, 5) is 15.7. The van der Waals surface area contributed by atoms with E-state index in [-0.39, 0.29) is 23.5 Å². The number of halogens is 2. The summed E-state index contributed by atoms with van der Waals surface area (Å²) in [5.74, 6) is -0.559. The Labute approximate surface area is 113 Å². The van der Waals surface area contributed by atoms with Gasteiger partial charge >= 0.3 is 0 Å². The topological polar surface area (TPSA) is 67.5 Å². The molecule has 0 radical (unpaired) electrons. The minimum atomic E-state index is -0.383. The minimum Gasteiger partial charge on any atom is -0.379 e. The zero-order valence-corrected chi connectivity index (χ0v) is 10.9. The van der Waals surface area contributed by atoms with Gasteiger partial charge in [-0.25, -0.2) is 4.39 Å². The van der Waals surface area contributed by atoms with Crippen molar-refractivity contribution in [3.05, 3.63) is 34.6 Å². The second-order valence-electron chi connectivity index (χ2n) is 3.74. The zero-order valence-electron chi connectivity index (χ0n) is 9.32. The van der Waals surface area contributed by atoms with Crippen molar-refractivity contribution in [1.82, 2.24) is 5.32 Å². The number of nitrogens with zero attached hydrogens (tertiary/aromatic N) is 1. The van der Waals surface area contributed by atoms with Crippen LogP contribution in [0.3, 0.4) is 0 Å². The molecule has 0 aliphatic carbocycles. The first-order valence-electron chi connectivity index (χ1n) is 5.24. The maximum atomic E-state index is 13.0. The van der Waals surface area contributed by atoms with Crippen LogP contribution in [0, 0.1) is 5.82 Å². The highest BCUT2D eigenvalue weighted by Crippen LogP contribution is 2.20. The van der Waals surface area contributed by atoms with Gasteiger partial charge in [-0.1, -0.05) is 23.4 Å². The number of aliphatic imine (C=N–C) groups is 1. The molecule has 0 saturated carbocycles. The average Bonchev–Trinajstić information content (AvgIpc) is 2.77. The highest BCUT2D eigenvalue weighted by molar-refractivity contribution is 8.15. The van der Waals surface area contributed by atoms with Crippen molar-refractivity contribution in [2.45, 2.75) is 11.8 Å². The van der Waals surface area contributed by atoms with Crippen LogP contribution in [-0.2, 0) is 11.3 Å². The van der Waals surface area contributed by atoms with Crippen molar-refractivity contribution in [2.24, 2.45) is 10.7 Å². The van der Waals surface area contributed by atoms with E-state index in [2.05, 4.69) is 10.3 Å². The lowest BCUT2D eigenvalue weighted by Crippen LogP contribution is -2.33. The molecule has 1 unspecified atom stereocenters. The standard InChI is InChI=1S/C11H11ClFN3OS/c12-8-2-1-7(13)3-6(8)4-15-10(17)9-5-16-11(14)18-9/h1-3,9H,4-5H2,(H2,14,16)(H,15,17). The van der Waals surface area contributed by atoms with Crippen molar-refractivity contribution in [3.63, 3.8) is 0 Å². The van der Waals surface area contributed by atoms with Gasteiger partial charge in [0.15, 0.2) is 5.17 Å². The Balaban J connectivity index is 1.91. The van der Waals surface area contributed by atoms with E-state index in [1.807, 2.05) is 0 Å². The number of thioether (sulfide) groups is 1. The maximum absolute atomic E-state index is 13.0. The minimum absolute atomic E-state index is 0.176. The van der Waals surface area contributed by atoms with Crippen molar-refractivity contribution in [1.29, 1.82) is 0 Å². The summed E-state index contributed by atoms with van der Waals surface area (Å²) >= 11 is 7.12. The second kappa shape index (κ2) is 5.58. The van der Waals surface area contributed by atoms with E-state index in [1.54, 1.807) is 0 Å². The molecule has 1 aliphatic heterocycles. The molecular weight excluding hydrogens is 277 g/mol. The summed E-state index contributed by atoms with van der Waals surface area (Å²) in [5, 5.41) is 3.22. The molecule has 1 amide bonds. The van der Waals surface area contributed by atoms with Crippen LogP contribution in [-0.4, -0.2) is 22.9 Å². The maximum Gasteiger partial charge on any atom is 0.235 e. The Morgan fingerprint density at radius 3 is 3.11 bits per heavy atom. The van der Waals surface area contributed by atoms with Gasteiger partial charge in [-0.2, -0.15) is 0 Å². The molecule has 96 valence electrons. The Bertz CT molecular complexity index is 509. The van der Waals surface area contributed by atoms with E-state index < -0.39 is 0 Å². The van der Waals surface area contributed by atoms with E-state index in [0.717, 1.165) is 0 Å². The van der Waals surface area contributed by atoms with E-state index in [1.165, 1.54) is 30.0 Å².